The Morgan fingerprint density at radius 1 is 1.00 bits per heavy atom. The van der Waals surface area contributed by atoms with E-state index in [2.05, 4.69) is 20.8 Å². The molecule has 2 rings (SSSR count). The van der Waals surface area contributed by atoms with E-state index in [0.29, 0.717) is 5.41 Å². The van der Waals surface area contributed by atoms with Gasteiger partial charge in [-0.15, -0.1) is 0 Å². The molecule has 0 N–H and O–H groups in total. The van der Waals surface area contributed by atoms with E-state index in [0.717, 1.165) is 11.3 Å². The maximum absolute atomic E-state index is 2.53. The second-order valence-corrected chi connectivity index (χ2v) is 6.11. The molecule has 1 unspecified atom stereocenters. The Labute approximate surface area is 76.7 Å². The third kappa shape index (κ3) is 1.30. The summed E-state index contributed by atoms with van der Waals surface area (Å²) in [4.78, 5) is 0. The molecule has 0 nitrogen and oxygen atoms in total. The fraction of sp³-hybridized carbons (Fsp3) is 1.00. The highest BCUT2D eigenvalue weighted by Gasteiger charge is 2.45. The minimum Gasteiger partial charge on any atom is -0.0599 e. The molecule has 70 valence electrons. The molecule has 0 aromatic rings. The summed E-state index contributed by atoms with van der Waals surface area (Å²) in [5.41, 5.74) is 1.39. The van der Waals surface area contributed by atoms with Crippen LogP contribution in [0.5, 0.6) is 0 Å². The molecular formula is C12H22. The van der Waals surface area contributed by atoms with Crippen LogP contribution in [0.4, 0.5) is 0 Å². The number of hydrogen-bond acceptors (Lipinski definition) is 0. The second-order valence-electron chi connectivity index (χ2n) is 6.11. The van der Waals surface area contributed by atoms with Crippen LogP contribution in [0.25, 0.3) is 0 Å². The molecule has 0 amide bonds. The van der Waals surface area contributed by atoms with Crippen molar-refractivity contribution in [1.29, 1.82) is 0 Å². The molecule has 0 bridgehead atoms. The molecule has 0 saturated heterocycles. The van der Waals surface area contributed by atoms with E-state index in [4.69, 9.17) is 0 Å². The molecule has 0 heterocycles. The lowest BCUT2D eigenvalue weighted by Gasteiger charge is -2.44. The van der Waals surface area contributed by atoms with Crippen LogP contribution in [0, 0.1) is 16.7 Å². The van der Waals surface area contributed by atoms with E-state index < -0.39 is 0 Å². The van der Waals surface area contributed by atoms with Gasteiger partial charge in [-0.3, -0.25) is 0 Å². The van der Waals surface area contributed by atoms with Gasteiger partial charge in [0.05, 0.1) is 0 Å². The maximum Gasteiger partial charge on any atom is -0.0297 e. The largest absolute Gasteiger partial charge is 0.0599 e. The van der Waals surface area contributed by atoms with Gasteiger partial charge in [0.1, 0.15) is 0 Å². The average Bonchev–Trinajstić information content (AvgIpc) is 2.30. The molecule has 2 aliphatic rings. The zero-order valence-corrected chi connectivity index (χ0v) is 8.82. The summed E-state index contributed by atoms with van der Waals surface area (Å²) in [5.74, 6) is 1.06. The van der Waals surface area contributed by atoms with Crippen molar-refractivity contribution in [3.8, 4) is 0 Å². The molecule has 2 atom stereocenters. The van der Waals surface area contributed by atoms with Gasteiger partial charge in [-0.2, -0.15) is 0 Å². The number of hydrogen-bond donors (Lipinski definition) is 0. The van der Waals surface area contributed by atoms with Crippen molar-refractivity contribution in [2.75, 3.05) is 0 Å². The van der Waals surface area contributed by atoms with Crippen LogP contribution >= 0.6 is 0 Å². The van der Waals surface area contributed by atoms with Gasteiger partial charge >= 0.3 is 0 Å². The van der Waals surface area contributed by atoms with E-state index in [9.17, 15) is 0 Å². The lowest BCUT2D eigenvalue weighted by atomic mass is 9.61. The zero-order chi connectivity index (χ0) is 8.82. The highest BCUT2D eigenvalue weighted by molar-refractivity contribution is 4.95. The van der Waals surface area contributed by atoms with Crippen molar-refractivity contribution in [2.45, 2.75) is 59.3 Å². The van der Waals surface area contributed by atoms with E-state index >= 15 is 0 Å². The summed E-state index contributed by atoms with van der Waals surface area (Å²) < 4.78 is 0. The van der Waals surface area contributed by atoms with E-state index in [1.54, 1.807) is 0 Å². The summed E-state index contributed by atoms with van der Waals surface area (Å²) in [5, 5.41) is 0. The first-order chi connectivity index (χ1) is 5.52. The summed E-state index contributed by atoms with van der Waals surface area (Å²) >= 11 is 0. The van der Waals surface area contributed by atoms with Crippen LogP contribution in [0.2, 0.25) is 0 Å². The molecule has 2 fully saturated rings. The Hall–Kier alpha value is 0. The third-order valence-corrected chi connectivity index (χ3v) is 4.46. The monoisotopic (exact) mass is 166 g/mol. The first kappa shape index (κ1) is 8.59. The van der Waals surface area contributed by atoms with Gasteiger partial charge in [-0.05, 0) is 48.9 Å². The van der Waals surface area contributed by atoms with Gasteiger partial charge in [0.25, 0.3) is 0 Å². The van der Waals surface area contributed by atoms with Crippen molar-refractivity contribution < 1.29 is 0 Å². The highest BCUT2D eigenvalue weighted by atomic mass is 14.5. The van der Waals surface area contributed by atoms with Crippen LogP contribution in [-0.2, 0) is 0 Å². The normalized spacial score (nSPS) is 45.8. The summed E-state index contributed by atoms with van der Waals surface area (Å²) in [6.07, 6.45) is 8.96. The van der Waals surface area contributed by atoms with Gasteiger partial charge in [0.2, 0.25) is 0 Å². The molecule has 0 heteroatoms. The van der Waals surface area contributed by atoms with Crippen molar-refractivity contribution in [2.24, 2.45) is 16.7 Å². The first-order valence-corrected chi connectivity index (χ1v) is 5.52. The molecule has 0 aromatic carbocycles. The molecule has 0 aliphatic heterocycles. The zero-order valence-electron chi connectivity index (χ0n) is 8.82. The third-order valence-electron chi connectivity index (χ3n) is 4.46. The molecule has 0 aromatic heterocycles. The second kappa shape index (κ2) is 2.49. The molecule has 2 aliphatic carbocycles. The van der Waals surface area contributed by atoms with Crippen molar-refractivity contribution in [3.63, 3.8) is 0 Å². The predicted molar refractivity (Wildman–Crippen MR) is 53.1 cm³/mol. The minimum absolute atomic E-state index is 0.647. The quantitative estimate of drug-likeness (QED) is 0.510. The van der Waals surface area contributed by atoms with E-state index in [-0.39, 0.29) is 0 Å². The fourth-order valence-corrected chi connectivity index (χ4v) is 3.38. The average molecular weight is 166 g/mol. The van der Waals surface area contributed by atoms with Gasteiger partial charge in [0, 0.05) is 0 Å². The molecule has 0 radical (unpaired) electrons. The van der Waals surface area contributed by atoms with Crippen LogP contribution < -0.4 is 0 Å². The predicted octanol–water partition coefficient (Wildman–Crippen LogP) is 4.00. The van der Waals surface area contributed by atoms with Gasteiger partial charge in [0.15, 0.2) is 0 Å². The van der Waals surface area contributed by atoms with Gasteiger partial charge in [-0.25, -0.2) is 0 Å². The standard InChI is InChI=1S/C12H22/c1-11(2)7-8-12(3)6-4-5-10(12)9-11/h10H,4-9H2,1-3H3/t10?,12-/m1/s1. The van der Waals surface area contributed by atoms with Crippen molar-refractivity contribution >= 4 is 0 Å². The van der Waals surface area contributed by atoms with Gasteiger partial charge < -0.3 is 0 Å². The SMILES string of the molecule is CC1(C)CC[C@@]2(C)CCCC2C1. The lowest BCUT2D eigenvalue weighted by molar-refractivity contribution is 0.0662. The Balaban J connectivity index is 2.12. The molecule has 12 heavy (non-hydrogen) atoms. The Morgan fingerprint density at radius 3 is 2.50 bits per heavy atom. The van der Waals surface area contributed by atoms with Crippen LogP contribution in [-0.4, -0.2) is 0 Å². The van der Waals surface area contributed by atoms with Gasteiger partial charge in [-0.1, -0.05) is 27.2 Å². The fourth-order valence-electron chi connectivity index (χ4n) is 3.38. The molecule has 0 spiro atoms. The molecular weight excluding hydrogens is 144 g/mol. The summed E-state index contributed by atoms with van der Waals surface area (Å²) in [6.45, 7) is 7.43. The Kier molecular flexibility index (Phi) is 1.79. The molecule has 2 saturated carbocycles. The smallest absolute Gasteiger partial charge is 0.0297 e. The highest BCUT2D eigenvalue weighted by Crippen LogP contribution is 2.56. The topological polar surface area (TPSA) is 0 Å². The Morgan fingerprint density at radius 2 is 1.75 bits per heavy atom. The first-order valence-electron chi connectivity index (χ1n) is 5.52. The number of rotatable bonds is 0. The van der Waals surface area contributed by atoms with Crippen molar-refractivity contribution in [1.82, 2.24) is 0 Å². The Bertz CT molecular complexity index is 180. The minimum atomic E-state index is 0.647. The number of fused-ring (bicyclic) bond motifs is 1. The van der Waals surface area contributed by atoms with Crippen LogP contribution in [0.1, 0.15) is 59.3 Å². The van der Waals surface area contributed by atoms with Crippen molar-refractivity contribution in [3.05, 3.63) is 0 Å². The summed E-state index contributed by atoms with van der Waals surface area (Å²) in [7, 11) is 0. The van der Waals surface area contributed by atoms with Crippen LogP contribution in [0.3, 0.4) is 0 Å². The summed E-state index contributed by atoms with van der Waals surface area (Å²) in [6, 6.07) is 0. The lowest BCUT2D eigenvalue weighted by Crippen LogP contribution is -2.33. The maximum atomic E-state index is 2.53. The van der Waals surface area contributed by atoms with E-state index in [1.165, 1.54) is 38.5 Å². The van der Waals surface area contributed by atoms with Crippen LogP contribution in [0.15, 0.2) is 0 Å². The van der Waals surface area contributed by atoms with E-state index in [1.807, 2.05) is 0 Å².